The molecule has 0 spiro atoms. The molecule has 53 valence electrons. The van der Waals surface area contributed by atoms with Crippen molar-refractivity contribution in [3.05, 3.63) is 24.3 Å². The molecule has 0 bridgehead atoms. The second-order valence-corrected chi connectivity index (χ2v) is 2.43. The van der Waals surface area contributed by atoms with Crippen molar-refractivity contribution in [2.75, 3.05) is 0 Å². The summed E-state index contributed by atoms with van der Waals surface area (Å²) < 4.78 is 0. The van der Waals surface area contributed by atoms with Gasteiger partial charge in [0.05, 0.1) is 0 Å². The Hall–Kier alpha value is -0.920. The molecule has 10 heavy (non-hydrogen) atoms. The molecule has 0 aliphatic rings. The Morgan fingerprint density at radius 3 is 2.60 bits per heavy atom. The molecule has 1 radical (unpaired) electrons. The average Bonchev–Trinajstić information content (AvgIpc) is 2.05. The summed E-state index contributed by atoms with van der Waals surface area (Å²) in [7, 11) is 0. The summed E-state index contributed by atoms with van der Waals surface area (Å²) in [6, 6.07) is 0. The molecule has 1 aromatic rings. The van der Waals surface area contributed by atoms with Crippen molar-refractivity contribution in [1.29, 1.82) is 0 Å². The summed E-state index contributed by atoms with van der Waals surface area (Å²) in [5.41, 5.74) is 1.20. The van der Waals surface area contributed by atoms with Crippen LogP contribution in [-0.2, 0) is 0 Å². The van der Waals surface area contributed by atoms with Gasteiger partial charge in [-0.3, -0.25) is 0 Å². The van der Waals surface area contributed by atoms with E-state index in [9.17, 15) is 0 Å². The maximum atomic E-state index is 3.82. The molecule has 0 amide bonds. The molecular weight excluding hydrogens is 124 g/mol. The Morgan fingerprint density at radius 2 is 2.10 bits per heavy atom. The van der Waals surface area contributed by atoms with E-state index in [1.54, 1.807) is 0 Å². The lowest BCUT2D eigenvalue weighted by Gasteiger charge is -2.04. The lowest BCUT2D eigenvalue weighted by Crippen LogP contribution is -1.92. The van der Waals surface area contributed by atoms with Crippen LogP contribution < -0.4 is 0 Å². The fraction of sp³-hybridized carbons (Fsp3) is 0.500. The topological polar surface area (TPSA) is 25.8 Å². The predicted octanol–water partition coefficient (Wildman–Crippen LogP) is 1.79. The SMILES string of the molecule is CCC(C)c1cn[c]nc1. The third kappa shape index (κ3) is 1.53. The monoisotopic (exact) mass is 135 g/mol. The van der Waals surface area contributed by atoms with Gasteiger partial charge in [0.15, 0.2) is 6.33 Å². The standard InChI is InChI=1S/C8H11N2/c1-3-7(2)8-4-9-6-10-5-8/h4-5,7H,3H2,1-2H3. The minimum absolute atomic E-state index is 0.564. The Morgan fingerprint density at radius 1 is 1.50 bits per heavy atom. The van der Waals surface area contributed by atoms with E-state index in [1.807, 2.05) is 12.4 Å². The lowest BCUT2D eigenvalue weighted by molar-refractivity contribution is 0.723. The lowest BCUT2D eigenvalue weighted by atomic mass is 10.0. The van der Waals surface area contributed by atoms with E-state index in [-0.39, 0.29) is 0 Å². The van der Waals surface area contributed by atoms with Crippen LogP contribution in [0.3, 0.4) is 0 Å². The Kier molecular flexibility index (Phi) is 2.37. The van der Waals surface area contributed by atoms with Crippen LogP contribution in [0.1, 0.15) is 31.7 Å². The molecule has 0 N–H and O–H groups in total. The van der Waals surface area contributed by atoms with Crippen LogP contribution in [0.5, 0.6) is 0 Å². The maximum absolute atomic E-state index is 3.82. The summed E-state index contributed by atoms with van der Waals surface area (Å²) >= 11 is 0. The number of hydrogen-bond acceptors (Lipinski definition) is 2. The molecule has 1 unspecified atom stereocenters. The molecule has 0 aliphatic carbocycles. The first kappa shape index (κ1) is 7.19. The second-order valence-electron chi connectivity index (χ2n) is 2.43. The van der Waals surface area contributed by atoms with Crippen LogP contribution in [0.2, 0.25) is 0 Å². The molecule has 0 aliphatic heterocycles. The molecule has 0 fully saturated rings. The van der Waals surface area contributed by atoms with Crippen LogP contribution in [-0.4, -0.2) is 9.97 Å². The molecule has 0 saturated carbocycles. The largest absolute Gasteiger partial charge is 0.233 e. The van der Waals surface area contributed by atoms with Gasteiger partial charge in [-0.25, -0.2) is 9.97 Å². The molecule has 0 aromatic carbocycles. The van der Waals surface area contributed by atoms with Crippen LogP contribution in [0.4, 0.5) is 0 Å². The third-order valence-electron chi connectivity index (χ3n) is 1.72. The van der Waals surface area contributed by atoms with Crippen LogP contribution in [0.15, 0.2) is 12.4 Å². The van der Waals surface area contributed by atoms with Gasteiger partial charge in [-0.2, -0.15) is 0 Å². The molecule has 1 rings (SSSR count). The van der Waals surface area contributed by atoms with E-state index in [0.29, 0.717) is 5.92 Å². The van der Waals surface area contributed by atoms with Crippen LogP contribution in [0, 0.1) is 6.33 Å². The minimum Gasteiger partial charge on any atom is -0.233 e. The molecule has 2 heteroatoms. The molecule has 1 aromatic heterocycles. The number of rotatable bonds is 2. The van der Waals surface area contributed by atoms with Crippen molar-refractivity contribution < 1.29 is 0 Å². The van der Waals surface area contributed by atoms with E-state index < -0.39 is 0 Å². The van der Waals surface area contributed by atoms with Crippen LogP contribution in [0.25, 0.3) is 0 Å². The highest BCUT2D eigenvalue weighted by Crippen LogP contribution is 2.14. The van der Waals surface area contributed by atoms with Gasteiger partial charge in [-0.05, 0) is 17.9 Å². The van der Waals surface area contributed by atoms with E-state index >= 15 is 0 Å². The minimum atomic E-state index is 0.564. The first-order valence-corrected chi connectivity index (χ1v) is 3.52. The van der Waals surface area contributed by atoms with Gasteiger partial charge < -0.3 is 0 Å². The Balaban J connectivity index is 2.75. The molecular formula is C8H11N2. The number of nitrogens with zero attached hydrogens (tertiary/aromatic N) is 2. The fourth-order valence-electron chi connectivity index (χ4n) is 0.764. The third-order valence-corrected chi connectivity index (χ3v) is 1.72. The maximum Gasteiger partial charge on any atom is 0.197 e. The zero-order valence-electron chi connectivity index (χ0n) is 6.33. The van der Waals surface area contributed by atoms with Gasteiger partial charge in [-0.15, -0.1) is 0 Å². The summed E-state index contributed by atoms with van der Waals surface area (Å²) in [5.74, 6) is 0.564. The normalized spacial score (nSPS) is 13.0. The Labute approximate surface area is 61.3 Å². The van der Waals surface area contributed by atoms with Crippen molar-refractivity contribution in [3.63, 3.8) is 0 Å². The molecule has 2 nitrogen and oxygen atoms in total. The summed E-state index contributed by atoms with van der Waals surface area (Å²) in [6.45, 7) is 4.32. The van der Waals surface area contributed by atoms with E-state index in [4.69, 9.17) is 0 Å². The van der Waals surface area contributed by atoms with Crippen LogP contribution >= 0.6 is 0 Å². The Bertz CT molecular complexity index is 184. The van der Waals surface area contributed by atoms with Gasteiger partial charge in [0.2, 0.25) is 0 Å². The molecule has 1 heterocycles. The summed E-state index contributed by atoms with van der Waals surface area (Å²) in [6.07, 6.45) is 7.29. The number of aromatic nitrogens is 2. The zero-order chi connectivity index (χ0) is 7.40. The first-order chi connectivity index (χ1) is 4.84. The smallest absolute Gasteiger partial charge is 0.197 e. The average molecular weight is 135 g/mol. The van der Waals surface area contributed by atoms with E-state index in [0.717, 1.165) is 6.42 Å². The van der Waals surface area contributed by atoms with Crippen molar-refractivity contribution in [3.8, 4) is 0 Å². The zero-order valence-corrected chi connectivity index (χ0v) is 6.33. The van der Waals surface area contributed by atoms with E-state index in [2.05, 4.69) is 30.1 Å². The first-order valence-electron chi connectivity index (χ1n) is 3.52. The predicted molar refractivity (Wildman–Crippen MR) is 39.6 cm³/mol. The fourth-order valence-corrected chi connectivity index (χ4v) is 0.764. The molecule has 1 atom stereocenters. The van der Waals surface area contributed by atoms with Gasteiger partial charge in [0.25, 0.3) is 0 Å². The summed E-state index contributed by atoms with van der Waals surface area (Å²) in [4.78, 5) is 7.64. The van der Waals surface area contributed by atoms with Crippen molar-refractivity contribution in [2.45, 2.75) is 26.2 Å². The molecule has 0 saturated heterocycles. The number of hydrogen-bond donors (Lipinski definition) is 0. The second kappa shape index (κ2) is 3.30. The van der Waals surface area contributed by atoms with E-state index in [1.165, 1.54) is 5.56 Å². The summed E-state index contributed by atoms with van der Waals surface area (Å²) in [5, 5.41) is 0. The van der Waals surface area contributed by atoms with Gasteiger partial charge in [0.1, 0.15) is 0 Å². The van der Waals surface area contributed by atoms with Crippen molar-refractivity contribution >= 4 is 0 Å². The highest BCUT2D eigenvalue weighted by molar-refractivity contribution is 5.07. The highest BCUT2D eigenvalue weighted by atomic mass is 14.8. The van der Waals surface area contributed by atoms with Crippen molar-refractivity contribution in [1.82, 2.24) is 9.97 Å². The van der Waals surface area contributed by atoms with Gasteiger partial charge >= 0.3 is 0 Å². The van der Waals surface area contributed by atoms with Crippen molar-refractivity contribution in [2.24, 2.45) is 0 Å². The quantitative estimate of drug-likeness (QED) is 0.617. The highest BCUT2D eigenvalue weighted by Gasteiger charge is 2.00. The van der Waals surface area contributed by atoms with Gasteiger partial charge in [-0.1, -0.05) is 13.8 Å². The van der Waals surface area contributed by atoms with Gasteiger partial charge in [0, 0.05) is 12.4 Å².